The molecule has 21 heavy (non-hydrogen) atoms. The van der Waals surface area contributed by atoms with E-state index in [9.17, 15) is 0 Å². The maximum absolute atomic E-state index is 5.00. The van der Waals surface area contributed by atoms with E-state index in [-0.39, 0.29) is 5.41 Å². The van der Waals surface area contributed by atoms with Gasteiger partial charge in [-0.3, -0.25) is 4.99 Å². The molecular formula is C19H27NS. The monoisotopic (exact) mass is 301 g/mol. The summed E-state index contributed by atoms with van der Waals surface area (Å²) in [5.41, 5.74) is 4.12. The number of aliphatic imine (C=N–C) groups is 1. The first-order valence-electron chi connectivity index (χ1n) is 8.37. The lowest BCUT2D eigenvalue weighted by atomic mass is 9.74. The Morgan fingerprint density at radius 1 is 1.14 bits per heavy atom. The smallest absolute Gasteiger partial charge is 0.0679 e. The third-order valence-corrected chi connectivity index (χ3v) is 5.30. The van der Waals surface area contributed by atoms with E-state index in [1.54, 1.807) is 0 Å². The SMILES string of the molecule is CC(C)(C)C1=Nc2cc(S)ccc2C1CC1CCCCC1. The minimum atomic E-state index is 0.148. The van der Waals surface area contributed by atoms with Gasteiger partial charge in [-0.25, -0.2) is 0 Å². The molecule has 1 aromatic carbocycles. The van der Waals surface area contributed by atoms with E-state index in [0.29, 0.717) is 5.92 Å². The Morgan fingerprint density at radius 3 is 2.52 bits per heavy atom. The standard InChI is InChI=1S/C19H27NS/c1-19(2,3)18-16(11-13-7-5-4-6-8-13)15-10-9-14(21)12-17(15)20-18/h9-10,12-13,16,21H,4-8,11H2,1-3H3. The number of benzene rings is 1. The van der Waals surface area contributed by atoms with E-state index in [1.807, 2.05) is 0 Å². The molecular weight excluding hydrogens is 274 g/mol. The predicted octanol–water partition coefficient (Wildman–Crippen LogP) is 6.16. The zero-order chi connectivity index (χ0) is 15.0. The summed E-state index contributed by atoms with van der Waals surface area (Å²) in [5.74, 6) is 1.41. The summed E-state index contributed by atoms with van der Waals surface area (Å²) in [6.07, 6.45) is 8.38. The van der Waals surface area contributed by atoms with Gasteiger partial charge in [0.2, 0.25) is 0 Å². The molecule has 2 heteroatoms. The van der Waals surface area contributed by atoms with Crippen LogP contribution in [0, 0.1) is 11.3 Å². The summed E-state index contributed by atoms with van der Waals surface area (Å²) in [6, 6.07) is 6.51. The molecule has 1 nitrogen and oxygen atoms in total. The van der Waals surface area contributed by atoms with Gasteiger partial charge in [0.25, 0.3) is 0 Å². The molecule has 0 amide bonds. The third kappa shape index (κ3) is 3.21. The van der Waals surface area contributed by atoms with Crippen molar-refractivity contribution < 1.29 is 0 Å². The van der Waals surface area contributed by atoms with Gasteiger partial charge in [0.15, 0.2) is 0 Å². The van der Waals surface area contributed by atoms with E-state index in [4.69, 9.17) is 4.99 Å². The van der Waals surface area contributed by atoms with Crippen LogP contribution in [0.2, 0.25) is 0 Å². The quantitative estimate of drug-likeness (QED) is 0.628. The van der Waals surface area contributed by atoms with Crippen LogP contribution in [0.5, 0.6) is 0 Å². The van der Waals surface area contributed by atoms with Gasteiger partial charge >= 0.3 is 0 Å². The molecule has 3 rings (SSSR count). The Morgan fingerprint density at radius 2 is 1.86 bits per heavy atom. The summed E-state index contributed by atoms with van der Waals surface area (Å²) in [6.45, 7) is 6.90. The topological polar surface area (TPSA) is 12.4 Å². The molecule has 1 aromatic rings. The summed E-state index contributed by atoms with van der Waals surface area (Å²) in [4.78, 5) is 6.02. The maximum Gasteiger partial charge on any atom is 0.0679 e. The van der Waals surface area contributed by atoms with Gasteiger partial charge < -0.3 is 0 Å². The van der Waals surface area contributed by atoms with Gasteiger partial charge in [0.05, 0.1) is 5.69 Å². The number of thiol groups is 1. The lowest BCUT2D eigenvalue weighted by Crippen LogP contribution is -2.26. The van der Waals surface area contributed by atoms with Gasteiger partial charge in [-0.2, -0.15) is 0 Å². The molecule has 1 aliphatic heterocycles. The first-order chi connectivity index (χ1) is 9.95. The van der Waals surface area contributed by atoms with Gasteiger partial charge in [-0.05, 0) is 30.0 Å². The molecule has 1 unspecified atom stereocenters. The Kier molecular flexibility index (Phi) is 4.18. The second-order valence-electron chi connectivity index (χ2n) is 7.78. The van der Waals surface area contributed by atoms with Gasteiger partial charge in [0, 0.05) is 21.9 Å². The van der Waals surface area contributed by atoms with Crippen LogP contribution in [-0.2, 0) is 0 Å². The predicted molar refractivity (Wildman–Crippen MR) is 94.2 cm³/mol. The molecule has 0 radical (unpaired) electrons. The van der Waals surface area contributed by atoms with Gasteiger partial charge in [0.1, 0.15) is 0 Å². The highest BCUT2D eigenvalue weighted by Gasteiger charge is 2.35. The van der Waals surface area contributed by atoms with E-state index in [1.165, 1.54) is 49.8 Å². The number of nitrogens with zero attached hydrogens (tertiary/aromatic N) is 1. The maximum atomic E-state index is 5.00. The molecule has 0 N–H and O–H groups in total. The first-order valence-corrected chi connectivity index (χ1v) is 8.82. The van der Waals surface area contributed by atoms with Crippen molar-refractivity contribution in [3.63, 3.8) is 0 Å². The molecule has 1 fully saturated rings. The van der Waals surface area contributed by atoms with Gasteiger partial charge in [-0.1, -0.05) is 58.9 Å². The Labute approximate surface area is 134 Å². The van der Waals surface area contributed by atoms with Crippen molar-refractivity contribution in [2.24, 2.45) is 16.3 Å². The number of hydrogen-bond donors (Lipinski definition) is 1. The van der Waals surface area contributed by atoms with Crippen LogP contribution in [0.3, 0.4) is 0 Å². The van der Waals surface area contributed by atoms with Crippen LogP contribution in [-0.4, -0.2) is 5.71 Å². The summed E-state index contributed by atoms with van der Waals surface area (Å²) >= 11 is 4.48. The summed E-state index contributed by atoms with van der Waals surface area (Å²) in [5, 5.41) is 0. The number of hydrogen-bond acceptors (Lipinski definition) is 2. The minimum Gasteiger partial charge on any atom is -0.256 e. The lowest BCUT2D eigenvalue weighted by Gasteiger charge is -2.30. The summed E-state index contributed by atoms with van der Waals surface area (Å²) in [7, 11) is 0. The highest BCUT2D eigenvalue weighted by Crippen LogP contribution is 2.46. The fourth-order valence-corrected chi connectivity index (χ4v) is 4.16. The van der Waals surface area contributed by atoms with Crippen molar-refractivity contribution >= 4 is 24.0 Å². The third-order valence-electron chi connectivity index (χ3n) is 5.02. The molecule has 0 saturated heterocycles. The van der Waals surface area contributed by atoms with Crippen molar-refractivity contribution in [1.82, 2.24) is 0 Å². The fraction of sp³-hybridized carbons (Fsp3) is 0.632. The molecule has 1 saturated carbocycles. The number of rotatable bonds is 2. The average molecular weight is 301 g/mol. The molecule has 114 valence electrons. The zero-order valence-corrected chi connectivity index (χ0v) is 14.4. The average Bonchev–Trinajstić information content (AvgIpc) is 2.78. The second kappa shape index (κ2) is 5.79. The van der Waals surface area contributed by atoms with Crippen LogP contribution in [0.15, 0.2) is 28.1 Å². The van der Waals surface area contributed by atoms with Crippen molar-refractivity contribution in [1.29, 1.82) is 0 Å². The van der Waals surface area contributed by atoms with Crippen LogP contribution >= 0.6 is 12.6 Å². The van der Waals surface area contributed by atoms with E-state index < -0.39 is 0 Å². The first kappa shape index (κ1) is 15.1. The molecule has 1 aliphatic carbocycles. The normalized spacial score (nSPS) is 23.0. The lowest BCUT2D eigenvalue weighted by molar-refractivity contribution is 0.331. The van der Waals surface area contributed by atoms with Crippen molar-refractivity contribution in [2.45, 2.75) is 70.1 Å². The summed E-state index contributed by atoms with van der Waals surface area (Å²) < 4.78 is 0. The van der Waals surface area contributed by atoms with Crippen LogP contribution in [0.1, 0.15) is 70.8 Å². The van der Waals surface area contributed by atoms with Crippen LogP contribution in [0.4, 0.5) is 5.69 Å². The zero-order valence-electron chi connectivity index (χ0n) is 13.5. The molecule has 1 atom stereocenters. The van der Waals surface area contributed by atoms with Crippen molar-refractivity contribution in [2.75, 3.05) is 0 Å². The molecule has 1 heterocycles. The minimum absolute atomic E-state index is 0.148. The molecule has 2 aliphatic rings. The van der Waals surface area contributed by atoms with Crippen LogP contribution < -0.4 is 0 Å². The van der Waals surface area contributed by atoms with E-state index >= 15 is 0 Å². The molecule has 0 spiro atoms. The number of fused-ring (bicyclic) bond motifs is 1. The largest absolute Gasteiger partial charge is 0.256 e. The Hall–Kier alpha value is -0.760. The van der Waals surface area contributed by atoms with Crippen LogP contribution in [0.25, 0.3) is 0 Å². The molecule has 0 bridgehead atoms. The second-order valence-corrected chi connectivity index (χ2v) is 8.30. The van der Waals surface area contributed by atoms with Gasteiger partial charge in [-0.15, -0.1) is 12.6 Å². The fourth-order valence-electron chi connectivity index (χ4n) is 3.96. The molecule has 0 aromatic heterocycles. The highest BCUT2D eigenvalue weighted by atomic mass is 32.1. The van der Waals surface area contributed by atoms with E-state index in [2.05, 4.69) is 51.6 Å². The van der Waals surface area contributed by atoms with Crippen molar-refractivity contribution in [3.8, 4) is 0 Å². The Bertz CT molecular complexity index is 547. The Balaban J connectivity index is 1.90. The highest BCUT2D eigenvalue weighted by molar-refractivity contribution is 7.80. The van der Waals surface area contributed by atoms with Crippen molar-refractivity contribution in [3.05, 3.63) is 23.8 Å². The van der Waals surface area contributed by atoms with E-state index in [0.717, 1.165) is 16.5 Å².